The Morgan fingerprint density at radius 3 is 2.30 bits per heavy atom. The van der Waals surface area contributed by atoms with Crippen molar-refractivity contribution in [3.63, 3.8) is 0 Å². The van der Waals surface area contributed by atoms with Crippen molar-refractivity contribution in [3.05, 3.63) is 24.3 Å². The van der Waals surface area contributed by atoms with Gasteiger partial charge in [0.2, 0.25) is 0 Å². The number of ether oxygens (including phenoxy) is 1. The summed E-state index contributed by atoms with van der Waals surface area (Å²) < 4.78 is 51.8. The first-order valence-corrected chi connectivity index (χ1v) is 9.81. The number of sulfone groups is 1. The van der Waals surface area contributed by atoms with E-state index in [2.05, 4.69) is 9.57 Å². The van der Waals surface area contributed by atoms with Gasteiger partial charge >= 0.3 is 6.16 Å². The van der Waals surface area contributed by atoms with Crippen molar-refractivity contribution in [2.75, 3.05) is 19.5 Å². The van der Waals surface area contributed by atoms with Crippen molar-refractivity contribution in [2.24, 2.45) is 0 Å². The van der Waals surface area contributed by atoms with Crippen molar-refractivity contribution in [1.82, 2.24) is 4.89 Å². The molecule has 0 fully saturated rings. The second-order valence-corrected chi connectivity index (χ2v) is 8.03. The number of unbranched alkanes of at least 4 members (excludes halogenated alkanes) is 1. The number of aliphatic hydroxyl groups is 1. The Hall–Kier alpha value is -1.69. The molecule has 0 spiro atoms. The zero-order chi connectivity index (χ0) is 17.5. The highest BCUT2D eigenvalue weighted by atomic mass is 32.2. The second kappa shape index (κ2) is 8.24. The van der Waals surface area contributed by atoms with Gasteiger partial charge in [0, 0.05) is 12.9 Å². The van der Waals surface area contributed by atoms with Gasteiger partial charge in [0.15, 0.2) is 9.84 Å². The largest absolute Gasteiger partial charge is 0.528 e. The molecule has 0 heterocycles. The lowest BCUT2D eigenvalue weighted by atomic mass is 10.3. The van der Waals surface area contributed by atoms with E-state index in [4.69, 9.17) is 5.11 Å². The molecular formula is C12H17NO8S2. The molecular weight excluding hydrogens is 350 g/mol. The van der Waals surface area contributed by atoms with Gasteiger partial charge in [0.05, 0.1) is 11.5 Å². The third kappa shape index (κ3) is 6.14. The van der Waals surface area contributed by atoms with E-state index >= 15 is 0 Å². The lowest BCUT2D eigenvalue weighted by molar-refractivity contribution is 0.0376. The number of hydrogen-bond acceptors (Lipinski definition) is 8. The topological polar surface area (TPSA) is 136 Å². The Bertz CT molecular complexity index is 742. The maximum absolute atomic E-state index is 12.0. The van der Waals surface area contributed by atoms with Gasteiger partial charge in [-0.25, -0.2) is 21.6 Å². The maximum atomic E-state index is 12.0. The Balaban J connectivity index is 2.76. The minimum absolute atomic E-state index is 0.0545. The third-order valence-corrected chi connectivity index (χ3v) is 5.07. The van der Waals surface area contributed by atoms with E-state index in [-0.39, 0.29) is 13.2 Å². The molecule has 0 saturated heterocycles. The highest BCUT2D eigenvalue weighted by molar-refractivity contribution is 7.93. The van der Waals surface area contributed by atoms with Gasteiger partial charge in [-0.05, 0) is 29.9 Å². The summed E-state index contributed by atoms with van der Waals surface area (Å²) >= 11 is 0. The first-order valence-electron chi connectivity index (χ1n) is 6.44. The standard InChI is InChI=1S/C12H17NO8S2/c1-22(16,17)10-6-2-3-7-11(10)23(18,19)13-21-12(15)20-9-5-4-8-14/h2-3,6-7,13-14H,4-5,8-9H2,1H3. The number of sulfonamides is 1. The van der Waals surface area contributed by atoms with Crippen molar-refractivity contribution in [3.8, 4) is 0 Å². The quantitative estimate of drug-likeness (QED) is 0.378. The number of hydrogen-bond donors (Lipinski definition) is 2. The summed E-state index contributed by atoms with van der Waals surface area (Å²) in [6.07, 6.45) is 0.372. The zero-order valence-electron chi connectivity index (χ0n) is 12.3. The lowest BCUT2D eigenvalue weighted by Gasteiger charge is -2.10. The molecule has 0 aromatic heterocycles. The van der Waals surface area contributed by atoms with E-state index < -0.39 is 35.8 Å². The van der Waals surface area contributed by atoms with Crippen LogP contribution in [0.4, 0.5) is 4.79 Å². The summed E-state index contributed by atoms with van der Waals surface area (Å²) in [6.45, 7) is -0.117. The van der Waals surface area contributed by atoms with E-state index in [0.717, 1.165) is 18.4 Å². The highest BCUT2D eigenvalue weighted by Gasteiger charge is 2.25. The fourth-order valence-corrected chi connectivity index (χ4v) is 3.91. The average Bonchev–Trinajstić information content (AvgIpc) is 2.49. The average molecular weight is 367 g/mol. The Labute approximate surface area is 134 Å². The van der Waals surface area contributed by atoms with Crippen molar-refractivity contribution >= 4 is 26.0 Å². The van der Waals surface area contributed by atoms with Crippen LogP contribution in [0, 0.1) is 0 Å². The van der Waals surface area contributed by atoms with Crippen LogP contribution in [-0.2, 0) is 29.4 Å². The van der Waals surface area contributed by atoms with Gasteiger partial charge in [-0.2, -0.15) is 0 Å². The molecule has 9 nitrogen and oxygen atoms in total. The van der Waals surface area contributed by atoms with Crippen LogP contribution in [0.2, 0.25) is 0 Å². The van der Waals surface area contributed by atoms with Crippen molar-refractivity contribution < 1.29 is 36.3 Å². The third-order valence-electron chi connectivity index (χ3n) is 2.55. The van der Waals surface area contributed by atoms with Crippen molar-refractivity contribution in [2.45, 2.75) is 22.6 Å². The van der Waals surface area contributed by atoms with Gasteiger partial charge < -0.3 is 14.7 Å². The van der Waals surface area contributed by atoms with Crippen LogP contribution in [-0.4, -0.2) is 47.6 Å². The van der Waals surface area contributed by atoms with E-state index in [1.54, 1.807) is 0 Å². The zero-order valence-corrected chi connectivity index (χ0v) is 13.9. The first kappa shape index (κ1) is 19.4. The summed E-state index contributed by atoms with van der Waals surface area (Å²) in [4.78, 5) is 16.0. The number of carbonyl (C=O) groups excluding carboxylic acids is 1. The van der Waals surface area contributed by atoms with E-state index in [1.807, 2.05) is 0 Å². The number of nitrogens with one attached hydrogen (secondary N) is 1. The van der Waals surface area contributed by atoms with Gasteiger partial charge in [-0.3, -0.25) is 0 Å². The van der Waals surface area contributed by atoms with Crippen LogP contribution >= 0.6 is 0 Å². The molecule has 0 unspecified atom stereocenters. The molecule has 0 aliphatic rings. The Morgan fingerprint density at radius 2 is 1.74 bits per heavy atom. The Kier molecular flexibility index (Phi) is 6.94. The number of benzene rings is 1. The van der Waals surface area contributed by atoms with Gasteiger partial charge in [0.1, 0.15) is 4.90 Å². The van der Waals surface area contributed by atoms with Gasteiger partial charge in [-0.1, -0.05) is 12.1 Å². The summed E-state index contributed by atoms with van der Waals surface area (Å²) in [5.74, 6) is 0. The smallest absolute Gasteiger partial charge is 0.433 e. The number of carbonyl (C=O) groups is 1. The summed E-state index contributed by atoms with van der Waals surface area (Å²) in [6, 6.07) is 4.88. The molecule has 0 aliphatic heterocycles. The van der Waals surface area contributed by atoms with Gasteiger partial charge in [0.25, 0.3) is 10.0 Å². The molecule has 11 heteroatoms. The summed E-state index contributed by atoms with van der Waals surface area (Å²) in [5.41, 5.74) is 0. The van der Waals surface area contributed by atoms with E-state index in [0.29, 0.717) is 12.8 Å². The van der Waals surface area contributed by atoms with Crippen LogP contribution in [0.3, 0.4) is 0 Å². The summed E-state index contributed by atoms with van der Waals surface area (Å²) in [5, 5.41) is 8.55. The first-order chi connectivity index (χ1) is 10.7. The molecule has 0 amide bonds. The molecule has 2 N–H and O–H groups in total. The second-order valence-electron chi connectivity index (χ2n) is 4.44. The SMILES string of the molecule is CS(=O)(=O)c1ccccc1S(=O)(=O)NOC(=O)OCCCCO. The number of aliphatic hydroxyl groups excluding tert-OH is 1. The van der Waals surface area contributed by atoms with E-state index in [9.17, 15) is 21.6 Å². The van der Waals surface area contributed by atoms with Crippen LogP contribution in [0.25, 0.3) is 0 Å². The molecule has 0 bridgehead atoms. The molecule has 0 aliphatic carbocycles. The molecule has 1 aromatic rings. The Morgan fingerprint density at radius 1 is 1.13 bits per heavy atom. The highest BCUT2D eigenvalue weighted by Crippen LogP contribution is 2.20. The molecule has 1 rings (SSSR count). The molecule has 130 valence electrons. The van der Waals surface area contributed by atoms with Crippen LogP contribution in [0.1, 0.15) is 12.8 Å². The fraction of sp³-hybridized carbons (Fsp3) is 0.417. The molecule has 0 saturated carbocycles. The van der Waals surface area contributed by atoms with E-state index in [1.165, 1.54) is 17.0 Å². The monoisotopic (exact) mass is 367 g/mol. The van der Waals surface area contributed by atoms with Crippen LogP contribution < -0.4 is 4.89 Å². The van der Waals surface area contributed by atoms with Crippen molar-refractivity contribution in [1.29, 1.82) is 0 Å². The minimum Gasteiger partial charge on any atom is -0.433 e. The minimum atomic E-state index is -4.40. The molecule has 23 heavy (non-hydrogen) atoms. The van der Waals surface area contributed by atoms with Crippen LogP contribution in [0.15, 0.2) is 34.1 Å². The fourth-order valence-electron chi connectivity index (χ4n) is 1.51. The predicted octanol–water partition coefficient (Wildman–Crippen LogP) is 0.209. The molecule has 0 atom stereocenters. The summed E-state index contributed by atoms with van der Waals surface area (Å²) in [7, 11) is -8.19. The predicted molar refractivity (Wildman–Crippen MR) is 78.6 cm³/mol. The normalized spacial score (nSPS) is 11.9. The van der Waals surface area contributed by atoms with Crippen LogP contribution in [0.5, 0.6) is 0 Å². The molecule has 1 aromatic carbocycles. The maximum Gasteiger partial charge on any atom is 0.528 e. The lowest BCUT2D eigenvalue weighted by Crippen LogP contribution is -2.29. The van der Waals surface area contributed by atoms with Gasteiger partial charge in [-0.15, -0.1) is 0 Å². The molecule has 0 radical (unpaired) electrons. The number of rotatable bonds is 8.